The first-order chi connectivity index (χ1) is 9.77. The number of rotatable bonds is 1. The summed E-state index contributed by atoms with van der Waals surface area (Å²) in [5, 5.41) is 6.77. The highest BCUT2D eigenvalue weighted by Gasteiger charge is 2.49. The highest BCUT2D eigenvalue weighted by atomic mass is 19.4. The van der Waals surface area contributed by atoms with Crippen LogP contribution in [0.25, 0.3) is 0 Å². The summed E-state index contributed by atoms with van der Waals surface area (Å²) in [5.41, 5.74) is 1.73. The lowest BCUT2D eigenvalue weighted by Crippen LogP contribution is -2.55. The van der Waals surface area contributed by atoms with Crippen LogP contribution in [-0.4, -0.2) is 46.4 Å². The minimum atomic E-state index is -4.24. The smallest absolute Gasteiger partial charge is 0.369 e. The number of aromatic amines is 1. The molecular weight excluding hydrogens is 287 g/mol. The van der Waals surface area contributed by atoms with Crippen molar-refractivity contribution < 1.29 is 22.7 Å². The number of nitrogens with zero attached hydrogens (tertiary/aromatic N) is 2. The van der Waals surface area contributed by atoms with Gasteiger partial charge in [-0.15, -0.1) is 0 Å². The topological polar surface area (TPSA) is 58.2 Å². The van der Waals surface area contributed by atoms with Gasteiger partial charge in [-0.2, -0.15) is 18.3 Å². The quantitative estimate of drug-likeness (QED) is 0.864. The van der Waals surface area contributed by atoms with Gasteiger partial charge in [0.2, 0.25) is 0 Å². The van der Waals surface area contributed by atoms with Crippen molar-refractivity contribution in [3.05, 3.63) is 17.0 Å². The monoisotopic (exact) mass is 303 g/mol. The molecule has 0 spiro atoms. The lowest BCUT2D eigenvalue weighted by Gasteiger charge is -2.39. The fourth-order valence-electron chi connectivity index (χ4n) is 2.85. The van der Waals surface area contributed by atoms with E-state index in [1.807, 2.05) is 13.8 Å². The molecule has 5 nitrogen and oxygen atoms in total. The number of fused-ring (bicyclic) bond motifs is 1. The largest absolute Gasteiger partial charge is 0.395 e. The lowest BCUT2D eigenvalue weighted by molar-refractivity contribution is -0.202. The van der Waals surface area contributed by atoms with Crippen LogP contribution in [-0.2, 0) is 11.2 Å². The molecule has 1 fully saturated rings. The van der Waals surface area contributed by atoms with Crippen LogP contribution in [0.4, 0.5) is 13.2 Å². The first-order valence-corrected chi connectivity index (χ1v) is 6.86. The number of amides is 1. The van der Waals surface area contributed by atoms with Crippen LogP contribution in [0.2, 0.25) is 0 Å². The maximum Gasteiger partial charge on any atom is 0.395 e. The zero-order chi connectivity index (χ0) is 15.4. The molecule has 2 aliphatic rings. The molecule has 0 aliphatic carbocycles. The number of likely N-dealkylation sites (tertiary alicyclic amines) is 1. The van der Waals surface area contributed by atoms with E-state index in [2.05, 4.69) is 10.2 Å². The standard InChI is InChI=1S/C13H16F3N3O2/c1-6-3-9-10(7(2)21-6)17-18-11(9)12(20)19-4-8(5-19)13(14,15)16/h6-8H,3-5H2,1-2H3,(H,17,18)/t6-,7+/m1/s1. The van der Waals surface area contributed by atoms with Crippen LogP contribution < -0.4 is 0 Å². The van der Waals surface area contributed by atoms with E-state index in [1.54, 1.807) is 0 Å². The lowest BCUT2D eigenvalue weighted by atomic mass is 9.96. The molecular formula is C13H16F3N3O2. The fourth-order valence-corrected chi connectivity index (χ4v) is 2.85. The van der Waals surface area contributed by atoms with Gasteiger partial charge in [-0.05, 0) is 13.8 Å². The minimum absolute atomic E-state index is 0.0454. The van der Waals surface area contributed by atoms with E-state index in [-0.39, 0.29) is 31.0 Å². The summed E-state index contributed by atoms with van der Waals surface area (Å²) in [6, 6.07) is 0. The van der Waals surface area contributed by atoms with Gasteiger partial charge >= 0.3 is 6.18 Å². The molecule has 3 rings (SSSR count). The van der Waals surface area contributed by atoms with Crippen molar-refractivity contribution in [2.45, 2.75) is 38.7 Å². The maximum absolute atomic E-state index is 12.5. The molecule has 0 bridgehead atoms. The molecule has 116 valence electrons. The second-order valence-corrected chi connectivity index (χ2v) is 5.71. The Morgan fingerprint density at radius 2 is 2.05 bits per heavy atom. The molecule has 1 saturated heterocycles. The van der Waals surface area contributed by atoms with Gasteiger partial charge in [0.05, 0.1) is 23.8 Å². The van der Waals surface area contributed by atoms with Crippen LogP contribution in [0.15, 0.2) is 0 Å². The van der Waals surface area contributed by atoms with Gasteiger partial charge in [0.1, 0.15) is 0 Å². The van der Waals surface area contributed by atoms with Gasteiger partial charge in [0.15, 0.2) is 5.69 Å². The Morgan fingerprint density at radius 1 is 1.38 bits per heavy atom. The van der Waals surface area contributed by atoms with Crippen molar-refractivity contribution in [1.29, 1.82) is 0 Å². The Bertz CT molecular complexity index is 563. The summed E-state index contributed by atoms with van der Waals surface area (Å²) >= 11 is 0. The van der Waals surface area contributed by atoms with Gasteiger partial charge in [-0.25, -0.2) is 0 Å². The Balaban J connectivity index is 1.76. The summed E-state index contributed by atoms with van der Waals surface area (Å²) in [6.07, 6.45) is -3.94. The molecule has 1 aromatic heterocycles. The third-order valence-corrected chi connectivity index (χ3v) is 4.07. The Hall–Kier alpha value is -1.57. The van der Waals surface area contributed by atoms with Crippen molar-refractivity contribution in [3.8, 4) is 0 Å². The van der Waals surface area contributed by atoms with Gasteiger partial charge < -0.3 is 9.64 Å². The van der Waals surface area contributed by atoms with Crippen molar-refractivity contribution in [1.82, 2.24) is 15.1 Å². The maximum atomic E-state index is 12.5. The Labute approximate surface area is 119 Å². The molecule has 21 heavy (non-hydrogen) atoms. The molecule has 0 unspecified atom stereocenters. The molecule has 2 atom stereocenters. The summed E-state index contributed by atoms with van der Waals surface area (Å²) in [5.74, 6) is -1.85. The van der Waals surface area contributed by atoms with Crippen LogP contribution in [0, 0.1) is 5.92 Å². The molecule has 0 aromatic carbocycles. The van der Waals surface area contributed by atoms with Crippen molar-refractivity contribution in [2.24, 2.45) is 5.92 Å². The second kappa shape index (κ2) is 4.72. The molecule has 0 saturated carbocycles. The fraction of sp³-hybridized carbons (Fsp3) is 0.692. The number of hydrogen-bond acceptors (Lipinski definition) is 3. The van der Waals surface area contributed by atoms with Crippen LogP contribution in [0.5, 0.6) is 0 Å². The summed E-state index contributed by atoms with van der Waals surface area (Å²) in [6.45, 7) is 3.17. The average Bonchev–Trinajstić information content (AvgIpc) is 2.68. The number of alkyl halides is 3. The van der Waals surface area contributed by atoms with Gasteiger partial charge in [0, 0.05) is 25.1 Å². The van der Waals surface area contributed by atoms with Crippen LogP contribution in [0.3, 0.4) is 0 Å². The van der Waals surface area contributed by atoms with E-state index in [4.69, 9.17) is 4.74 Å². The normalized spacial score (nSPS) is 26.4. The first-order valence-electron chi connectivity index (χ1n) is 6.86. The summed E-state index contributed by atoms with van der Waals surface area (Å²) in [4.78, 5) is 13.5. The molecule has 2 aliphatic heterocycles. The van der Waals surface area contributed by atoms with Gasteiger partial charge in [-0.3, -0.25) is 9.89 Å². The number of ether oxygens (including phenoxy) is 1. The Morgan fingerprint density at radius 3 is 2.67 bits per heavy atom. The zero-order valence-electron chi connectivity index (χ0n) is 11.7. The highest BCUT2D eigenvalue weighted by molar-refractivity contribution is 5.94. The number of H-pyrrole nitrogens is 1. The molecule has 1 amide bonds. The number of hydrogen-bond donors (Lipinski definition) is 1. The summed E-state index contributed by atoms with van der Waals surface area (Å²) in [7, 11) is 0. The molecule has 8 heteroatoms. The SMILES string of the molecule is C[C@@H]1Cc2c(C(=O)N3CC(C(F)(F)F)C3)n[nH]c2[C@H](C)O1. The first kappa shape index (κ1) is 14.4. The van der Waals surface area contributed by atoms with Crippen LogP contribution >= 0.6 is 0 Å². The highest BCUT2D eigenvalue weighted by Crippen LogP contribution is 2.35. The number of aromatic nitrogens is 2. The Kier molecular flexibility index (Phi) is 3.23. The third kappa shape index (κ3) is 2.41. The average molecular weight is 303 g/mol. The van der Waals surface area contributed by atoms with Crippen molar-refractivity contribution in [2.75, 3.05) is 13.1 Å². The number of carbonyl (C=O) groups excluding carboxylic acids is 1. The zero-order valence-corrected chi connectivity index (χ0v) is 11.7. The molecule has 3 heterocycles. The predicted octanol–water partition coefficient (Wildman–Crippen LogP) is 2.07. The summed E-state index contributed by atoms with van der Waals surface area (Å²) < 4.78 is 43.1. The molecule has 1 N–H and O–H groups in total. The minimum Gasteiger partial charge on any atom is -0.369 e. The van der Waals surface area contributed by atoms with E-state index in [0.29, 0.717) is 6.42 Å². The number of carbonyl (C=O) groups is 1. The van der Waals surface area contributed by atoms with E-state index in [0.717, 1.165) is 11.3 Å². The van der Waals surface area contributed by atoms with Crippen LogP contribution in [0.1, 0.15) is 41.7 Å². The van der Waals surface area contributed by atoms with Gasteiger partial charge in [0.25, 0.3) is 5.91 Å². The number of nitrogens with one attached hydrogen (secondary N) is 1. The van der Waals surface area contributed by atoms with E-state index in [9.17, 15) is 18.0 Å². The van der Waals surface area contributed by atoms with E-state index >= 15 is 0 Å². The predicted molar refractivity (Wildman–Crippen MR) is 66.7 cm³/mol. The van der Waals surface area contributed by atoms with Gasteiger partial charge in [-0.1, -0.05) is 0 Å². The third-order valence-electron chi connectivity index (χ3n) is 4.07. The molecule has 1 aromatic rings. The van der Waals surface area contributed by atoms with Crippen molar-refractivity contribution >= 4 is 5.91 Å². The molecule has 0 radical (unpaired) electrons. The van der Waals surface area contributed by atoms with E-state index in [1.165, 1.54) is 4.90 Å². The number of halogens is 3. The second-order valence-electron chi connectivity index (χ2n) is 5.71. The van der Waals surface area contributed by atoms with Crippen molar-refractivity contribution in [3.63, 3.8) is 0 Å². The van der Waals surface area contributed by atoms with E-state index < -0.39 is 18.0 Å².